The van der Waals surface area contributed by atoms with E-state index in [0.717, 1.165) is 23.9 Å². The molecule has 3 aromatic heterocycles. The number of aromatic nitrogens is 4. The van der Waals surface area contributed by atoms with Gasteiger partial charge in [-0.1, -0.05) is 18.5 Å². The number of amides is 1. The van der Waals surface area contributed by atoms with Crippen LogP contribution in [-0.2, 0) is 0 Å². The van der Waals surface area contributed by atoms with Crippen molar-refractivity contribution in [2.45, 2.75) is 38.6 Å². The van der Waals surface area contributed by atoms with E-state index in [1.807, 2.05) is 0 Å². The maximum atomic E-state index is 14.2. The summed E-state index contributed by atoms with van der Waals surface area (Å²) in [6.45, 7) is 4.13. The average Bonchev–Trinajstić information content (AvgIpc) is 3.55. The average molecular weight is 572 g/mol. The summed E-state index contributed by atoms with van der Waals surface area (Å²) in [7, 11) is 0. The molecule has 39 heavy (non-hydrogen) atoms. The predicted molar refractivity (Wildman–Crippen MR) is 143 cm³/mol. The van der Waals surface area contributed by atoms with Crippen LogP contribution in [0.25, 0.3) is 10.8 Å². The smallest absolute Gasteiger partial charge is 0.271 e. The van der Waals surface area contributed by atoms with E-state index in [4.69, 9.17) is 11.6 Å². The third-order valence-electron chi connectivity index (χ3n) is 6.73. The number of nitrogens with zero attached hydrogens (tertiary/aromatic N) is 5. The fraction of sp³-hybridized carbons (Fsp3) is 0.296. The zero-order valence-electron chi connectivity index (χ0n) is 21.1. The second-order valence-electron chi connectivity index (χ2n) is 9.37. The number of rotatable bonds is 6. The zero-order chi connectivity index (χ0) is 27.8. The molecule has 1 N–H and O–H groups in total. The number of thiazole rings is 1. The number of aryl methyl sites for hydroxylation is 1. The number of carbonyl (C=O) groups is 1. The van der Waals surface area contributed by atoms with Gasteiger partial charge in [-0.3, -0.25) is 19.1 Å². The van der Waals surface area contributed by atoms with Crippen LogP contribution >= 0.6 is 22.9 Å². The van der Waals surface area contributed by atoms with Crippen LogP contribution < -0.4 is 5.56 Å². The summed E-state index contributed by atoms with van der Waals surface area (Å²) in [6, 6.07) is 5.65. The van der Waals surface area contributed by atoms with Crippen molar-refractivity contribution in [2.75, 3.05) is 13.1 Å². The monoisotopic (exact) mass is 571 g/mol. The standard InChI is InChI=1S/C27H24ClF2N5O3S/c1-3-21(16-8-18(29)10-19(30)9-16)35-23(25-32-14(2)13-39-25)33-24(36)22(27(35)38)26(37)34-7-6-15(12-34)20-5-4-17(28)11-31-20/h4-5,8-11,13,15,21,36H,3,6-7,12H2,1-2H3. The Labute approximate surface area is 231 Å². The van der Waals surface area contributed by atoms with Gasteiger partial charge in [0.1, 0.15) is 11.6 Å². The van der Waals surface area contributed by atoms with Crippen molar-refractivity contribution in [1.29, 1.82) is 0 Å². The fourth-order valence-corrected chi connectivity index (χ4v) is 5.81. The molecule has 0 bridgehead atoms. The molecule has 12 heteroatoms. The minimum Gasteiger partial charge on any atom is -0.493 e. The quantitative estimate of drug-likeness (QED) is 0.335. The lowest BCUT2D eigenvalue weighted by Gasteiger charge is -2.24. The second-order valence-corrected chi connectivity index (χ2v) is 10.7. The Bertz CT molecular complexity index is 1590. The maximum absolute atomic E-state index is 14.2. The van der Waals surface area contributed by atoms with Crippen LogP contribution in [0.3, 0.4) is 0 Å². The van der Waals surface area contributed by atoms with Gasteiger partial charge >= 0.3 is 0 Å². The Morgan fingerprint density at radius 1 is 1.23 bits per heavy atom. The van der Waals surface area contributed by atoms with Crippen molar-refractivity contribution in [3.05, 3.63) is 91.4 Å². The molecule has 202 valence electrons. The first kappa shape index (κ1) is 26.9. The van der Waals surface area contributed by atoms with Gasteiger partial charge in [-0.05, 0) is 49.6 Å². The normalized spacial score (nSPS) is 16.0. The molecule has 0 spiro atoms. The topological polar surface area (TPSA) is 101 Å². The van der Waals surface area contributed by atoms with Crippen LogP contribution in [0.2, 0.25) is 5.02 Å². The minimum atomic E-state index is -0.883. The number of likely N-dealkylation sites (tertiary alicyclic amines) is 1. The van der Waals surface area contributed by atoms with Gasteiger partial charge in [0.25, 0.3) is 11.5 Å². The van der Waals surface area contributed by atoms with E-state index in [1.165, 1.54) is 27.0 Å². The molecule has 4 heterocycles. The van der Waals surface area contributed by atoms with E-state index in [1.54, 1.807) is 31.4 Å². The molecule has 5 rings (SSSR count). The third-order valence-corrected chi connectivity index (χ3v) is 7.91. The van der Waals surface area contributed by atoms with Gasteiger partial charge in [-0.15, -0.1) is 11.3 Å². The number of hydrogen-bond donors (Lipinski definition) is 1. The highest BCUT2D eigenvalue weighted by molar-refractivity contribution is 7.13. The van der Waals surface area contributed by atoms with Gasteiger partial charge in [-0.25, -0.2) is 13.8 Å². The summed E-state index contributed by atoms with van der Waals surface area (Å²) < 4.78 is 29.6. The van der Waals surface area contributed by atoms with E-state index in [9.17, 15) is 23.5 Å². The van der Waals surface area contributed by atoms with Crippen LogP contribution in [-0.4, -0.2) is 48.5 Å². The Balaban J connectivity index is 1.60. The van der Waals surface area contributed by atoms with E-state index < -0.39 is 40.6 Å². The van der Waals surface area contributed by atoms with Crippen LogP contribution in [0, 0.1) is 18.6 Å². The van der Waals surface area contributed by atoms with Gasteiger partial charge in [0.2, 0.25) is 5.88 Å². The number of pyridine rings is 1. The van der Waals surface area contributed by atoms with Crippen LogP contribution in [0.4, 0.5) is 8.78 Å². The molecule has 1 amide bonds. The van der Waals surface area contributed by atoms with Crippen molar-refractivity contribution >= 4 is 28.8 Å². The molecule has 1 aliphatic heterocycles. The Hall–Kier alpha value is -3.70. The first-order valence-corrected chi connectivity index (χ1v) is 13.6. The van der Waals surface area contributed by atoms with Gasteiger partial charge in [0, 0.05) is 48.0 Å². The lowest BCUT2D eigenvalue weighted by molar-refractivity contribution is 0.0784. The lowest BCUT2D eigenvalue weighted by atomic mass is 10.0. The van der Waals surface area contributed by atoms with E-state index in [-0.39, 0.29) is 30.3 Å². The molecule has 4 aromatic rings. The van der Waals surface area contributed by atoms with Gasteiger partial charge in [0.15, 0.2) is 16.4 Å². The van der Waals surface area contributed by atoms with Crippen LogP contribution in [0.15, 0.2) is 46.7 Å². The van der Waals surface area contributed by atoms with Crippen LogP contribution in [0.5, 0.6) is 5.88 Å². The lowest BCUT2D eigenvalue weighted by Crippen LogP contribution is -2.38. The number of halogens is 3. The summed E-state index contributed by atoms with van der Waals surface area (Å²) >= 11 is 7.14. The molecule has 0 saturated carbocycles. The minimum absolute atomic E-state index is 0.00771. The highest BCUT2D eigenvalue weighted by Crippen LogP contribution is 2.32. The molecule has 1 aliphatic rings. The van der Waals surface area contributed by atoms with Crippen molar-refractivity contribution in [3.63, 3.8) is 0 Å². The fourth-order valence-electron chi connectivity index (χ4n) is 4.91. The summed E-state index contributed by atoms with van der Waals surface area (Å²) in [5.41, 5.74) is 0.293. The first-order chi connectivity index (χ1) is 18.7. The number of aromatic hydroxyl groups is 1. The Morgan fingerprint density at radius 3 is 2.59 bits per heavy atom. The van der Waals surface area contributed by atoms with E-state index in [0.29, 0.717) is 28.7 Å². The maximum Gasteiger partial charge on any atom is 0.271 e. The van der Waals surface area contributed by atoms with Crippen molar-refractivity contribution in [3.8, 4) is 16.7 Å². The highest BCUT2D eigenvalue weighted by atomic mass is 35.5. The third kappa shape index (κ3) is 5.28. The summed E-state index contributed by atoms with van der Waals surface area (Å²) in [5.74, 6) is -3.07. The molecular formula is C27H24ClF2N5O3S. The molecule has 8 nitrogen and oxygen atoms in total. The predicted octanol–water partition coefficient (Wildman–Crippen LogP) is 5.34. The molecular weight excluding hydrogens is 548 g/mol. The largest absolute Gasteiger partial charge is 0.493 e. The second kappa shape index (κ2) is 10.8. The molecule has 1 fully saturated rings. The SMILES string of the molecule is CCC(c1cc(F)cc(F)c1)n1c(-c2nc(C)cs2)nc(O)c(C(=O)N2CCC(c3ccc(Cl)cn3)C2)c1=O. The zero-order valence-corrected chi connectivity index (χ0v) is 22.6. The summed E-state index contributed by atoms with van der Waals surface area (Å²) in [6.07, 6.45) is 2.39. The van der Waals surface area contributed by atoms with Gasteiger partial charge < -0.3 is 10.0 Å². The highest BCUT2D eigenvalue weighted by Gasteiger charge is 2.34. The molecule has 2 atom stereocenters. The summed E-state index contributed by atoms with van der Waals surface area (Å²) in [4.78, 5) is 42.1. The van der Waals surface area contributed by atoms with Crippen LogP contribution in [0.1, 0.15) is 59.0 Å². The Kier molecular flexibility index (Phi) is 7.46. The molecule has 1 saturated heterocycles. The van der Waals surface area contributed by atoms with Crippen molar-refractivity contribution in [2.24, 2.45) is 0 Å². The molecule has 1 aromatic carbocycles. The molecule has 2 unspecified atom stereocenters. The van der Waals surface area contributed by atoms with Gasteiger partial charge in [-0.2, -0.15) is 4.98 Å². The van der Waals surface area contributed by atoms with Crippen molar-refractivity contribution < 1.29 is 18.7 Å². The number of carbonyl (C=O) groups excluding carboxylic acids is 1. The number of hydrogen-bond acceptors (Lipinski definition) is 7. The summed E-state index contributed by atoms with van der Waals surface area (Å²) in [5, 5.41) is 13.5. The van der Waals surface area contributed by atoms with E-state index >= 15 is 0 Å². The molecule has 0 aliphatic carbocycles. The molecule has 0 radical (unpaired) electrons. The Morgan fingerprint density at radius 2 is 1.97 bits per heavy atom. The van der Waals surface area contributed by atoms with Gasteiger partial charge in [0.05, 0.1) is 11.1 Å². The van der Waals surface area contributed by atoms with E-state index in [2.05, 4.69) is 15.0 Å². The number of benzene rings is 1. The first-order valence-electron chi connectivity index (χ1n) is 12.3. The van der Waals surface area contributed by atoms with Crippen molar-refractivity contribution in [1.82, 2.24) is 24.4 Å².